The van der Waals surface area contributed by atoms with E-state index in [1.807, 2.05) is 23.0 Å². The van der Waals surface area contributed by atoms with Crippen LogP contribution in [0.15, 0.2) is 23.8 Å². The first-order chi connectivity index (χ1) is 42.8. The first-order valence-corrected chi connectivity index (χ1v) is 34.7. The van der Waals surface area contributed by atoms with E-state index in [9.17, 15) is 39.0 Å². The van der Waals surface area contributed by atoms with E-state index in [0.29, 0.717) is 22.9 Å². The summed E-state index contributed by atoms with van der Waals surface area (Å²) in [4.78, 5) is 92.6. The fraction of sp³-hybridized carbons (Fsp3) is 0.761. The molecule has 6 atom stereocenters. The Labute approximate surface area is 534 Å². The molecule has 0 saturated heterocycles. The summed E-state index contributed by atoms with van der Waals surface area (Å²) in [7, 11) is 0. The Kier molecular flexibility index (Phi) is 32.9. The zero-order chi connectivity index (χ0) is 64.8. The molecule has 22 heteroatoms. The van der Waals surface area contributed by atoms with Crippen molar-refractivity contribution in [2.45, 2.75) is 309 Å². The van der Waals surface area contributed by atoms with Gasteiger partial charge in [0, 0.05) is 17.8 Å². The van der Waals surface area contributed by atoms with Crippen LogP contribution in [0.2, 0.25) is 0 Å². The minimum absolute atomic E-state index is 0.0404. The van der Waals surface area contributed by atoms with E-state index in [2.05, 4.69) is 46.0 Å². The lowest BCUT2D eigenvalue weighted by Crippen LogP contribution is -2.33. The van der Waals surface area contributed by atoms with Crippen LogP contribution in [-0.4, -0.2) is 96.1 Å². The average Bonchev–Trinajstić information content (AvgIpc) is 1.77. The molecular weight excluding hydrogens is 1150 g/mol. The standard InChI is InChI=1S/C27H44N4O4.C20H32N4O2.C13H24N4O2.C7H11ClO/c1-3-4-5-12-17-22(19(2)35-27(34)21-15-10-7-11-16-21)31-18-29-23(24(28)32)25(31)30-26(33)20-13-8-6-9-14-20;1-3-4-5-9-12-16(14(2)25)24-13-21-17-19(24)22-18(23-20(17)26)15-10-7-6-8-11-15;1-3-4-5-6-7-10(9(2)18)17-8-16-11(12(17)14)13(15)19;8-7(9)6-4-2-1-3-5-6/h18-22H,3-17H2,1-2H3,(H2,28,32)(H,30,33);13-16,25H,3-12H2,1-2H3,(H,22,23,26);8-10,18H,3-7,14H2,1-2H3,(H2,15,19);6H,1-5H2. The second kappa shape index (κ2) is 39.6. The minimum atomic E-state index is -0.681. The number of fused-ring (bicyclic) bond motifs is 1. The van der Waals surface area contributed by atoms with Crippen LogP contribution in [0.3, 0.4) is 0 Å². The first-order valence-electron chi connectivity index (χ1n) is 34.3. The zero-order valence-electron chi connectivity index (χ0n) is 54.7. The molecule has 0 bridgehead atoms. The quantitative estimate of drug-likeness (QED) is 0.0151. The van der Waals surface area contributed by atoms with Gasteiger partial charge in [0.15, 0.2) is 22.6 Å². The number of carbonyl (C=O) groups excluding carboxylic acids is 5. The summed E-state index contributed by atoms with van der Waals surface area (Å²) in [6.07, 6.45) is 40.5. The lowest BCUT2D eigenvalue weighted by molar-refractivity contribution is -0.156. The Morgan fingerprint density at radius 2 is 1.03 bits per heavy atom. The molecule has 4 aliphatic carbocycles. The number of esters is 1. The topological polar surface area (TPSA) is 324 Å². The summed E-state index contributed by atoms with van der Waals surface area (Å²) in [5, 5.41) is 23.1. The Morgan fingerprint density at radius 3 is 1.49 bits per heavy atom. The number of nitrogen functional groups attached to an aromatic ring is 1. The van der Waals surface area contributed by atoms with Gasteiger partial charge in [0.25, 0.3) is 17.4 Å². The number of hydrogen-bond donors (Lipinski definition) is 7. The van der Waals surface area contributed by atoms with Crippen LogP contribution >= 0.6 is 11.6 Å². The van der Waals surface area contributed by atoms with E-state index in [-0.39, 0.29) is 75.8 Å². The van der Waals surface area contributed by atoms with Gasteiger partial charge in [-0.05, 0) is 103 Å². The van der Waals surface area contributed by atoms with Gasteiger partial charge in [-0.15, -0.1) is 0 Å². The number of aliphatic hydroxyl groups is 2. The highest BCUT2D eigenvalue weighted by Gasteiger charge is 2.33. The van der Waals surface area contributed by atoms with Crippen molar-refractivity contribution in [2.24, 2.45) is 29.2 Å². The predicted molar refractivity (Wildman–Crippen MR) is 351 cm³/mol. The minimum Gasteiger partial charge on any atom is -0.460 e. The monoisotopic (exact) mass is 1260 g/mol. The number of primary amides is 2. The van der Waals surface area contributed by atoms with Gasteiger partial charge in [0.2, 0.25) is 11.1 Å². The maximum absolute atomic E-state index is 13.1. The van der Waals surface area contributed by atoms with E-state index in [4.69, 9.17) is 38.5 Å². The number of amides is 3. The number of aromatic nitrogens is 8. The molecule has 4 aromatic rings. The molecule has 4 aliphatic rings. The van der Waals surface area contributed by atoms with Crippen molar-refractivity contribution >= 4 is 63.3 Å². The second-order valence-electron chi connectivity index (χ2n) is 25.7. The highest BCUT2D eigenvalue weighted by Crippen LogP contribution is 2.35. The van der Waals surface area contributed by atoms with Gasteiger partial charge >= 0.3 is 5.97 Å². The highest BCUT2D eigenvalue weighted by molar-refractivity contribution is 6.64. The summed E-state index contributed by atoms with van der Waals surface area (Å²) < 4.78 is 11.4. The van der Waals surface area contributed by atoms with Gasteiger partial charge in [-0.2, -0.15) is 0 Å². The number of aromatic amines is 1. The van der Waals surface area contributed by atoms with Gasteiger partial charge in [-0.3, -0.25) is 28.8 Å². The van der Waals surface area contributed by atoms with Crippen LogP contribution in [0.4, 0.5) is 11.6 Å². The molecule has 0 aliphatic heterocycles. The largest absolute Gasteiger partial charge is 0.460 e. The van der Waals surface area contributed by atoms with Crippen molar-refractivity contribution < 1.29 is 38.9 Å². The molecule has 3 amide bonds. The predicted octanol–water partition coefficient (Wildman–Crippen LogP) is 13.4. The van der Waals surface area contributed by atoms with Crippen molar-refractivity contribution in [2.75, 3.05) is 11.1 Å². The number of H-pyrrole nitrogens is 1. The van der Waals surface area contributed by atoms with Gasteiger partial charge in [0.1, 0.15) is 23.6 Å². The molecule has 0 aromatic carbocycles. The normalized spacial score (nSPS) is 18.1. The molecule has 0 spiro atoms. The van der Waals surface area contributed by atoms with Crippen molar-refractivity contribution in [3.8, 4) is 0 Å². The SMILES string of the molecule is CCCCCCC(C(C)O)n1cnc(C(N)=O)c1N.CCCCCCC(C(C)O)n1cnc2c(=O)[nH]c(C3CCCCC3)nc21.CCCCCCC(C(C)OC(=O)C1CCCCC1)n1cnc(C(N)=O)c1NC(=O)C1CCCCC1.O=C(Cl)C1CCCCC1. The lowest BCUT2D eigenvalue weighted by Gasteiger charge is -2.30. The number of rotatable bonds is 29. The number of imidazole rings is 3. The van der Waals surface area contributed by atoms with E-state index >= 15 is 0 Å². The number of aliphatic hydroxyl groups excluding tert-OH is 2. The molecule has 500 valence electrons. The summed E-state index contributed by atoms with van der Waals surface area (Å²) in [5.74, 6) is 0.190. The number of nitrogens with zero attached hydrogens (tertiary/aromatic N) is 7. The summed E-state index contributed by atoms with van der Waals surface area (Å²) in [6.45, 7) is 11.9. The fourth-order valence-electron chi connectivity index (χ4n) is 13.3. The van der Waals surface area contributed by atoms with E-state index in [0.717, 1.165) is 160 Å². The number of ether oxygens (including phenoxy) is 1. The highest BCUT2D eigenvalue weighted by atomic mass is 35.5. The van der Waals surface area contributed by atoms with Crippen molar-refractivity contribution in [3.63, 3.8) is 0 Å². The Bertz CT molecular complexity index is 2800. The molecule has 4 aromatic heterocycles. The average molecular weight is 1260 g/mol. The summed E-state index contributed by atoms with van der Waals surface area (Å²) in [6, 6.07) is -0.510. The molecule has 89 heavy (non-hydrogen) atoms. The number of carbonyl (C=O) groups is 5. The molecule has 4 fully saturated rings. The van der Waals surface area contributed by atoms with Crippen LogP contribution in [0.1, 0.15) is 317 Å². The Hall–Kier alpha value is -5.67. The number of nitrogens with two attached hydrogens (primary N) is 3. The second-order valence-corrected chi connectivity index (χ2v) is 26.1. The smallest absolute Gasteiger partial charge is 0.309 e. The van der Waals surface area contributed by atoms with E-state index < -0.39 is 30.1 Å². The van der Waals surface area contributed by atoms with E-state index in [1.54, 1.807) is 24.1 Å². The third kappa shape index (κ3) is 23.2. The third-order valence-electron chi connectivity index (χ3n) is 18.7. The fourth-order valence-corrected chi connectivity index (χ4v) is 13.5. The summed E-state index contributed by atoms with van der Waals surface area (Å²) >= 11 is 5.32. The number of unbranched alkanes of at least 4 members (excludes halogenated alkanes) is 9. The van der Waals surface area contributed by atoms with Gasteiger partial charge in [-0.25, -0.2) is 19.9 Å². The maximum atomic E-state index is 13.1. The zero-order valence-corrected chi connectivity index (χ0v) is 55.5. The number of nitrogens with one attached hydrogen (secondary N) is 2. The lowest BCUT2D eigenvalue weighted by atomic mass is 9.88. The van der Waals surface area contributed by atoms with Gasteiger partial charge in [0.05, 0.1) is 55.2 Å². The molecule has 10 N–H and O–H groups in total. The van der Waals surface area contributed by atoms with Crippen LogP contribution in [0.5, 0.6) is 0 Å². The molecule has 8 rings (SSSR count). The Balaban J connectivity index is 0.000000235. The molecule has 4 heterocycles. The van der Waals surface area contributed by atoms with E-state index in [1.165, 1.54) is 77.0 Å². The Morgan fingerprint density at radius 1 is 0.596 bits per heavy atom. The molecule has 6 unspecified atom stereocenters. The van der Waals surface area contributed by atoms with Crippen LogP contribution in [-0.2, 0) is 19.1 Å². The van der Waals surface area contributed by atoms with Gasteiger partial charge in [-0.1, -0.05) is 175 Å². The maximum Gasteiger partial charge on any atom is 0.309 e. The van der Waals surface area contributed by atoms with Crippen molar-refractivity contribution in [1.29, 1.82) is 0 Å². The van der Waals surface area contributed by atoms with Crippen molar-refractivity contribution in [1.82, 2.24) is 38.6 Å². The molecule has 4 saturated carbocycles. The molecular formula is C67H111ClN12O9. The van der Waals surface area contributed by atoms with Crippen LogP contribution < -0.4 is 28.1 Å². The van der Waals surface area contributed by atoms with Crippen LogP contribution in [0, 0.1) is 17.8 Å². The third-order valence-corrected chi connectivity index (χ3v) is 19.0. The molecule has 0 radical (unpaired) electrons. The van der Waals surface area contributed by atoms with Crippen LogP contribution in [0.25, 0.3) is 11.2 Å². The number of hydrogen-bond acceptors (Lipinski definition) is 14. The van der Waals surface area contributed by atoms with Crippen molar-refractivity contribution in [3.05, 3.63) is 46.5 Å². The first kappa shape index (κ1) is 74.1. The summed E-state index contributed by atoms with van der Waals surface area (Å²) in [5.41, 5.74) is 17.6. The number of halogens is 1. The number of anilines is 2. The molecule has 21 nitrogen and oxygen atoms in total. The van der Waals surface area contributed by atoms with Gasteiger partial charge < -0.3 is 56.2 Å².